The maximum absolute atomic E-state index is 12.7. The smallest absolute Gasteiger partial charge is 0.253 e. The van der Waals surface area contributed by atoms with Crippen LogP contribution >= 0.6 is 0 Å². The Hall–Kier alpha value is -2.83. The number of piperazine rings is 1. The Balaban J connectivity index is 1.53. The minimum absolute atomic E-state index is 0.00555. The molecule has 0 aromatic heterocycles. The summed E-state index contributed by atoms with van der Waals surface area (Å²) in [5.74, 6) is 0.0649. The zero-order valence-corrected chi connectivity index (χ0v) is 15.5. The van der Waals surface area contributed by atoms with Crippen LogP contribution in [0.1, 0.15) is 42.5 Å². The summed E-state index contributed by atoms with van der Waals surface area (Å²) in [6.45, 7) is 3.50. The van der Waals surface area contributed by atoms with Gasteiger partial charge in [-0.05, 0) is 37.1 Å². The van der Waals surface area contributed by atoms with Gasteiger partial charge in [0, 0.05) is 49.7 Å². The molecular formula is C21H25N5O. The number of amides is 1. The molecule has 0 bridgehead atoms. The number of nitrogens with zero attached hydrogens (tertiary/aromatic N) is 4. The van der Waals surface area contributed by atoms with Gasteiger partial charge < -0.3 is 10.2 Å². The highest BCUT2D eigenvalue weighted by Gasteiger charge is 2.27. The number of nitriles is 2. The number of allylic oxidation sites excluding steroid dienone is 1. The minimum atomic E-state index is 0.00555. The molecule has 3 rings (SSSR count). The van der Waals surface area contributed by atoms with Gasteiger partial charge in [0.15, 0.2) is 0 Å². The quantitative estimate of drug-likeness (QED) is 0.831. The molecule has 0 unspecified atom stereocenters. The van der Waals surface area contributed by atoms with Crippen molar-refractivity contribution in [3.63, 3.8) is 0 Å². The number of anilines is 1. The summed E-state index contributed by atoms with van der Waals surface area (Å²) in [6.07, 6.45) is 8.00. The van der Waals surface area contributed by atoms with Crippen LogP contribution in [0.15, 0.2) is 36.0 Å². The normalized spacial score (nSPS) is 18.2. The van der Waals surface area contributed by atoms with Crippen molar-refractivity contribution in [2.24, 2.45) is 0 Å². The minimum Gasteiger partial charge on any atom is -0.360 e. The molecule has 1 amide bonds. The van der Waals surface area contributed by atoms with Crippen LogP contribution in [0, 0.1) is 22.7 Å². The van der Waals surface area contributed by atoms with Crippen LogP contribution < -0.4 is 5.32 Å². The lowest BCUT2D eigenvalue weighted by Gasteiger charge is -2.40. The third-order valence-electron chi connectivity index (χ3n) is 5.45. The molecule has 1 N–H and O–H groups in total. The van der Waals surface area contributed by atoms with Crippen LogP contribution in [-0.2, 0) is 0 Å². The average molecular weight is 363 g/mol. The summed E-state index contributed by atoms with van der Waals surface area (Å²) in [7, 11) is 0. The van der Waals surface area contributed by atoms with Crippen molar-refractivity contribution >= 4 is 11.6 Å². The summed E-state index contributed by atoms with van der Waals surface area (Å²) in [4.78, 5) is 17.2. The third kappa shape index (κ3) is 4.87. The molecule has 6 heteroatoms. The number of hydrogen-bond donors (Lipinski definition) is 1. The van der Waals surface area contributed by atoms with E-state index in [0.29, 0.717) is 11.6 Å². The van der Waals surface area contributed by atoms with Crippen molar-refractivity contribution in [2.75, 3.05) is 31.5 Å². The molecule has 0 atom stereocenters. The highest BCUT2D eigenvalue weighted by Crippen LogP contribution is 2.24. The Kier molecular flexibility index (Phi) is 6.46. The topological polar surface area (TPSA) is 83.2 Å². The number of rotatable bonds is 4. The van der Waals surface area contributed by atoms with E-state index in [4.69, 9.17) is 10.5 Å². The molecule has 2 fully saturated rings. The maximum atomic E-state index is 12.7. The standard InChI is InChI=1S/C21H25N5O/c22-14-17(15-23)16-24-19-8-6-18(7-9-19)21(27)26-12-10-25(11-13-26)20-4-2-1-3-5-20/h6-9,16,20,24H,1-5,10-13H2. The van der Waals surface area contributed by atoms with E-state index in [1.54, 1.807) is 36.4 Å². The Bertz CT molecular complexity index is 741. The van der Waals surface area contributed by atoms with Crippen molar-refractivity contribution in [3.05, 3.63) is 41.6 Å². The zero-order valence-electron chi connectivity index (χ0n) is 15.5. The van der Waals surface area contributed by atoms with E-state index in [0.717, 1.165) is 31.9 Å². The molecule has 1 aromatic carbocycles. The molecule has 0 spiro atoms. The lowest BCUT2D eigenvalue weighted by atomic mass is 9.94. The first-order chi connectivity index (χ1) is 13.2. The van der Waals surface area contributed by atoms with Crippen molar-refractivity contribution in [2.45, 2.75) is 38.1 Å². The average Bonchev–Trinajstić information content (AvgIpc) is 2.75. The van der Waals surface area contributed by atoms with E-state index in [2.05, 4.69) is 10.2 Å². The van der Waals surface area contributed by atoms with Gasteiger partial charge in [-0.25, -0.2) is 0 Å². The van der Waals surface area contributed by atoms with E-state index in [1.165, 1.54) is 38.3 Å². The fourth-order valence-electron chi connectivity index (χ4n) is 3.87. The Morgan fingerprint density at radius 3 is 2.22 bits per heavy atom. The molecule has 1 aromatic rings. The first-order valence-electron chi connectivity index (χ1n) is 9.61. The highest BCUT2D eigenvalue weighted by molar-refractivity contribution is 5.94. The summed E-state index contributed by atoms with van der Waals surface area (Å²) in [6, 6.07) is 11.4. The molecule has 6 nitrogen and oxygen atoms in total. The molecule has 27 heavy (non-hydrogen) atoms. The molecule has 1 saturated heterocycles. The molecular weight excluding hydrogens is 338 g/mol. The Morgan fingerprint density at radius 2 is 1.63 bits per heavy atom. The monoisotopic (exact) mass is 363 g/mol. The van der Waals surface area contributed by atoms with Crippen LogP contribution in [0.25, 0.3) is 0 Å². The number of carbonyl (C=O) groups excluding carboxylic acids is 1. The maximum Gasteiger partial charge on any atom is 0.253 e. The SMILES string of the molecule is N#CC(C#N)=CNc1ccc(C(=O)N2CCN(C3CCCCC3)CC2)cc1. The van der Waals surface area contributed by atoms with Crippen LogP contribution in [0.3, 0.4) is 0 Å². The van der Waals surface area contributed by atoms with E-state index >= 15 is 0 Å². The Labute approximate surface area is 160 Å². The van der Waals surface area contributed by atoms with Crippen LogP contribution in [0.5, 0.6) is 0 Å². The van der Waals surface area contributed by atoms with E-state index in [-0.39, 0.29) is 11.5 Å². The zero-order chi connectivity index (χ0) is 19.1. The fourth-order valence-corrected chi connectivity index (χ4v) is 3.87. The second kappa shape index (κ2) is 9.21. The van der Waals surface area contributed by atoms with Crippen LogP contribution in [-0.4, -0.2) is 47.9 Å². The number of benzene rings is 1. The van der Waals surface area contributed by atoms with Crippen molar-refractivity contribution in [1.29, 1.82) is 10.5 Å². The molecule has 140 valence electrons. The van der Waals surface area contributed by atoms with Gasteiger partial charge in [-0.2, -0.15) is 10.5 Å². The predicted molar refractivity (Wildman–Crippen MR) is 104 cm³/mol. The molecule has 0 radical (unpaired) electrons. The lowest BCUT2D eigenvalue weighted by molar-refractivity contribution is 0.0523. The molecule has 1 saturated carbocycles. The molecule has 1 aliphatic heterocycles. The highest BCUT2D eigenvalue weighted by atomic mass is 16.2. The van der Waals surface area contributed by atoms with E-state index in [9.17, 15) is 4.79 Å². The van der Waals surface area contributed by atoms with Gasteiger partial charge in [0.05, 0.1) is 0 Å². The van der Waals surface area contributed by atoms with Crippen molar-refractivity contribution in [1.82, 2.24) is 9.80 Å². The van der Waals surface area contributed by atoms with Gasteiger partial charge in [0.25, 0.3) is 5.91 Å². The van der Waals surface area contributed by atoms with Gasteiger partial charge in [-0.15, -0.1) is 0 Å². The second-order valence-corrected chi connectivity index (χ2v) is 7.12. The molecule has 1 aliphatic carbocycles. The summed E-state index contributed by atoms with van der Waals surface area (Å²) >= 11 is 0. The van der Waals surface area contributed by atoms with Crippen LogP contribution in [0.2, 0.25) is 0 Å². The number of nitrogens with one attached hydrogen (secondary N) is 1. The van der Waals surface area contributed by atoms with Crippen molar-refractivity contribution in [3.8, 4) is 12.1 Å². The lowest BCUT2D eigenvalue weighted by Crippen LogP contribution is -2.52. The van der Waals surface area contributed by atoms with Gasteiger partial charge in [-0.3, -0.25) is 9.69 Å². The molecule has 2 aliphatic rings. The van der Waals surface area contributed by atoms with Gasteiger partial charge in [-0.1, -0.05) is 19.3 Å². The Morgan fingerprint density at radius 1 is 1.00 bits per heavy atom. The molecule has 1 heterocycles. The number of carbonyl (C=O) groups is 1. The third-order valence-corrected chi connectivity index (χ3v) is 5.45. The van der Waals surface area contributed by atoms with E-state index < -0.39 is 0 Å². The predicted octanol–water partition coefficient (Wildman–Crippen LogP) is 3.12. The van der Waals surface area contributed by atoms with Crippen LogP contribution in [0.4, 0.5) is 5.69 Å². The van der Waals surface area contributed by atoms with E-state index in [1.807, 2.05) is 4.90 Å². The van der Waals surface area contributed by atoms with Crippen molar-refractivity contribution < 1.29 is 4.79 Å². The largest absolute Gasteiger partial charge is 0.360 e. The van der Waals surface area contributed by atoms with Gasteiger partial charge in [0.1, 0.15) is 17.7 Å². The summed E-state index contributed by atoms with van der Waals surface area (Å²) in [5.41, 5.74) is 1.40. The first kappa shape index (κ1) is 18.9. The summed E-state index contributed by atoms with van der Waals surface area (Å²) < 4.78 is 0. The second-order valence-electron chi connectivity index (χ2n) is 7.12. The van der Waals surface area contributed by atoms with Gasteiger partial charge >= 0.3 is 0 Å². The summed E-state index contributed by atoms with van der Waals surface area (Å²) in [5, 5.41) is 20.4. The first-order valence-corrected chi connectivity index (χ1v) is 9.61. The fraction of sp³-hybridized carbons (Fsp3) is 0.476. The number of hydrogen-bond acceptors (Lipinski definition) is 5. The van der Waals surface area contributed by atoms with Gasteiger partial charge in [0.2, 0.25) is 0 Å².